The first-order chi connectivity index (χ1) is 11.2. The van der Waals surface area contributed by atoms with E-state index in [1.165, 1.54) is 6.07 Å². The van der Waals surface area contributed by atoms with Gasteiger partial charge in [0.1, 0.15) is 6.61 Å². The highest BCUT2D eigenvalue weighted by molar-refractivity contribution is 5.83. The van der Waals surface area contributed by atoms with Gasteiger partial charge in [-0.25, -0.2) is 4.39 Å². The summed E-state index contributed by atoms with van der Waals surface area (Å²) in [6.45, 7) is 0.279. The SMILES string of the molecule is CN=CC=C(N)c1ccc(OCc2ccccc2NC)c(F)c1. The van der Waals surface area contributed by atoms with Crippen molar-refractivity contribution in [3.8, 4) is 5.75 Å². The summed E-state index contributed by atoms with van der Waals surface area (Å²) in [6.07, 6.45) is 3.19. The summed E-state index contributed by atoms with van der Waals surface area (Å²) in [7, 11) is 3.48. The van der Waals surface area contributed by atoms with Gasteiger partial charge in [0.2, 0.25) is 0 Å². The Hall–Kier alpha value is -2.82. The van der Waals surface area contributed by atoms with Crippen molar-refractivity contribution in [1.82, 2.24) is 0 Å². The number of nitrogens with one attached hydrogen (secondary N) is 1. The number of nitrogens with two attached hydrogens (primary N) is 1. The van der Waals surface area contributed by atoms with Crippen LogP contribution in [0.15, 0.2) is 53.5 Å². The Labute approximate surface area is 135 Å². The van der Waals surface area contributed by atoms with Crippen LogP contribution in [0.5, 0.6) is 5.75 Å². The third kappa shape index (κ3) is 4.32. The molecule has 2 rings (SSSR count). The number of benzene rings is 2. The Morgan fingerprint density at radius 2 is 2.09 bits per heavy atom. The van der Waals surface area contributed by atoms with Crippen molar-refractivity contribution in [2.75, 3.05) is 19.4 Å². The largest absolute Gasteiger partial charge is 0.486 e. The molecule has 0 aliphatic carbocycles. The Bertz CT molecular complexity index is 726. The second-order valence-corrected chi connectivity index (χ2v) is 4.87. The van der Waals surface area contributed by atoms with Crippen molar-refractivity contribution in [2.45, 2.75) is 6.61 Å². The molecule has 3 N–H and O–H groups in total. The van der Waals surface area contributed by atoms with Gasteiger partial charge in [-0.2, -0.15) is 0 Å². The van der Waals surface area contributed by atoms with Crippen LogP contribution in [0.4, 0.5) is 10.1 Å². The summed E-state index contributed by atoms with van der Waals surface area (Å²) in [5.74, 6) is -0.258. The molecule has 0 atom stereocenters. The van der Waals surface area contributed by atoms with Crippen LogP contribution in [0.1, 0.15) is 11.1 Å². The van der Waals surface area contributed by atoms with Crippen LogP contribution in [-0.4, -0.2) is 20.3 Å². The van der Waals surface area contributed by atoms with Crippen molar-refractivity contribution < 1.29 is 9.13 Å². The number of nitrogens with zero attached hydrogens (tertiary/aromatic N) is 1. The number of hydrogen-bond acceptors (Lipinski definition) is 4. The zero-order chi connectivity index (χ0) is 16.7. The molecule has 5 heteroatoms. The molecule has 0 aromatic heterocycles. The number of anilines is 1. The highest BCUT2D eigenvalue weighted by atomic mass is 19.1. The summed E-state index contributed by atoms with van der Waals surface area (Å²) in [5.41, 5.74) is 8.80. The summed E-state index contributed by atoms with van der Waals surface area (Å²) < 4.78 is 19.7. The molecule has 0 spiro atoms. The molecule has 0 bridgehead atoms. The molecule has 0 unspecified atom stereocenters. The predicted molar refractivity (Wildman–Crippen MR) is 93.3 cm³/mol. The zero-order valence-corrected chi connectivity index (χ0v) is 13.2. The van der Waals surface area contributed by atoms with Crippen LogP contribution in [0.25, 0.3) is 5.70 Å². The Balaban J connectivity index is 2.12. The summed E-state index contributed by atoms with van der Waals surface area (Å²) >= 11 is 0. The monoisotopic (exact) mass is 313 g/mol. The second kappa shape index (κ2) is 7.98. The lowest BCUT2D eigenvalue weighted by atomic mass is 10.1. The van der Waals surface area contributed by atoms with E-state index in [0.29, 0.717) is 11.3 Å². The number of hydrogen-bond donors (Lipinski definition) is 2. The van der Waals surface area contributed by atoms with E-state index in [-0.39, 0.29) is 12.4 Å². The van der Waals surface area contributed by atoms with Gasteiger partial charge >= 0.3 is 0 Å². The minimum atomic E-state index is -0.450. The van der Waals surface area contributed by atoms with Gasteiger partial charge in [-0.05, 0) is 30.3 Å². The number of aliphatic imine (C=N–C) groups is 1. The van der Waals surface area contributed by atoms with Crippen molar-refractivity contribution >= 4 is 17.6 Å². The molecule has 2 aromatic rings. The number of halogens is 1. The topological polar surface area (TPSA) is 59.6 Å². The molecule has 0 heterocycles. The van der Waals surface area contributed by atoms with E-state index in [1.54, 1.807) is 31.5 Å². The van der Waals surface area contributed by atoms with Gasteiger partial charge in [-0.3, -0.25) is 4.99 Å². The minimum Gasteiger partial charge on any atom is -0.486 e. The molecule has 0 radical (unpaired) electrons. The lowest BCUT2D eigenvalue weighted by Gasteiger charge is -2.12. The van der Waals surface area contributed by atoms with Crippen LogP contribution in [0.2, 0.25) is 0 Å². The lowest BCUT2D eigenvalue weighted by molar-refractivity contribution is 0.291. The number of rotatable bonds is 6. The van der Waals surface area contributed by atoms with E-state index in [9.17, 15) is 4.39 Å². The first-order valence-electron chi connectivity index (χ1n) is 7.22. The highest BCUT2D eigenvalue weighted by Crippen LogP contribution is 2.23. The quantitative estimate of drug-likeness (QED) is 0.803. The van der Waals surface area contributed by atoms with Gasteiger partial charge in [-0.15, -0.1) is 0 Å². The smallest absolute Gasteiger partial charge is 0.165 e. The maximum Gasteiger partial charge on any atom is 0.165 e. The fourth-order valence-electron chi connectivity index (χ4n) is 2.09. The third-order valence-electron chi connectivity index (χ3n) is 3.34. The van der Waals surface area contributed by atoms with Crippen molar-refractivity contribution in [1.29, 1.82) is 0 Å². The fraction of sp³-hybridized carbons (Fsp3) is 0.167. The van der Waals surface area contributed by atoms with Crippen molar-refractivity contribution in [3.05, 3.63) is 65.5 Å². The average molecular weight is 313 g/mol. The zero-order valence-electron chi connectivity index (χ0n) is 13.2. The van der Waals surface area contributed by atoms with E-state index >= 15 is 0 Å². The van der Waals surface area contributed by atoms with Crippen LogP contribution in [-0.2, 0) is 6.61 Å². The molecule has 23 heavy (non-hydrogen) atoms. The van der Waals surface area contributed by atoms with E-state index in [2.05, 4.69) is 10.3 Å². The number of allylic oxidation sites excluding steroid dienone is 1. The Morgan fingerprint density at radius 1 is 1.30 bits per heavy atom. The number of para-hydroxylation sites is 1. The van der Waals surface area contributed by atoms with Gasteiger partial charge in [0.15, 0.2) is 11.6 Å². The first-order valence-corrected chi connectivity index (χ1v) is 7.22. The van der Waals surface area contributed by atoms with Crippen molar-refractivity contribution in [3.63, 3.8) is 0 Å². The van der Waals surface area contributed by atoms with E-state index < -0.39 is 5.82 Å². The molecule has 2 aromatic carbocycles. The maximum absolute atomic E-state index is 14.2. The van der Waals surface area contributed by atoms with Gasteiger partial charge < -0.3 is 15.8 Å². The first kappa shape index (κ1) is 16.5. The van der Waals surface area contributed by atoms with E-state index in [0.717, 1.165) is 11.3 Å². The predicted octanol–water partition coefficient (Wildman–Crippen LogP) is 3.45. The molecule has 4 nitrogen and oxygen atoms in total. The summed E-state index contributed by atoms with van der Waals surface area (Å²) in [5, 5.41) is 3.08. The molecule has 0 amide bonds. The van der Waals surface area contributed by atoms with Crippen molar-refractivity contribution in [2.24, 2.45) is 10.7 Å². The molecule has 0 saturated carbocycles. The van der Waals surface area contributed by atoms with Crippen LogP contribution < -0.4 is 15.8 Å². The van der Waals surface area contributed by atoms with Crippen LogP contribution >= 0.6 is 0 Å². The Kier molecular flexibility index (Phi) is 5.74. The summed E-state index contributed by atoms with van der Waals surface area (Å²) in [6, 6.07) is 12.4. The highest BCUT2D eigenvalue weighted by Gasteiger charge is 2.08. The van der Waals surface area contributed by atoms with Crippen LogP contribution in [0, 0.1) is 5.82 Å². The van der Waals surface area contributed by atoms with Gasteiger partial charge in [-0.1, -0.05) is 18.2 Å². The standard InChI is InChI=1S/C18H20FN3O/c1-21-10-9-16(20)13-7-8-18(15(19)11-13)23-12-14-5-3-4-6-17(14)22-2/h3-11,22H,12,20H2,1-2H3. The molecule has 0 saturated heterocycles. The second-order valence-electron chi connectivity index (χ2n) is 4.87. The number of ether oxygens (including phenoxy) is 1. The molecular weight excluding hydrogens is 293 g/mol. The Morgan fingerprint density at radius 3 is 2.78 bits per heavy atom. The van der Waals surface area contributed by atoms with Gasteiger partial charge in [0.05, 0.1) is 0 Å². The average Bonchev–Trinajstić information content (AvgIpc) is 2.58. The molecule has 0 aliphatic heterocycles. The third-order valence-corrected chi connectivity index (χ3v) is 3.34. The van der Waals surface area contributed by atoms with Crippen LogP contribution in [0.3, 0.4) is 0 Å². The van der Waals surface area contributed by atoms with Gasteiger partial charge in [0.25, 0.3) is 0 Å². The molecule has 0 aliphatic rings. The minimum absolute atomic E-state index is 0.191. The molecular formula is C18H20FN3O. The molecule has 120 valence electrons. The normalized spacial score (nSPS) is 11.7. The molecule has 0 fully saturated rings. The van der Waals surface area contributed by atoms with Gasteiger partial charge in [0, 0.05) is 42.8 Å². The lowest BCUT2D eigenvalue weighted by Crippen LogP contribution is -2.03. The fourth-order valence-corrected chi connectivity index (χ4v) is 2.09. The summed E-state index contributed by atoms with van der Waals surface area (Å²) in [4.78, 5) is 3.81. The van der Waals surface area contributed by atoms with E-state index in [4.69, 9.17) is 10.5 Å². The van der Waals surface area contributed by atoms with E-state index in [1.807, 2.05) is 31.3 Å². The maximum atomic E-state index is 14.2.